The third-order valence-corrected chi connectivity index (χ3v) is 4.26. The zero-order valence-corrected chi connectivity index (χ0v) is 14.8. The predicted molar refractivity (Wildman–Crippen MR) is 101 cm³/mol. The number of halogens is 1. The molecule has 2 aromatic carbocycles. The molecule has 0 unspecified atom stereocenters. The first-order valence-corrected chi connectivity index (χ1v) is 8.64. The van der Waals surface area contributed by atoms with Crippen LogP contribution in [-0.2, 0) is 4.79 Å². The lowest BCUT2D eigenvalue weighted by molar-refractivity contribution is -0.130. The van der Waals surface area contributed by atoms with Crippen molar-refractivity contribution in [3.05, 3.63) is 71.4 Å². The Hall–Kier alpha value is -3.25. The van der Waals surface area contributed by atoms with Crippen LogP contribution in [0.5, 0.6) is 11.5 Å². The normalized spacial score (nSPS) is 15.7. The van der Waals surface area contributed by atoms with Gasteiger partial charge < -0.3 is 13.9 Å². The van der Waals surface area contributed by atoms with E-state index in [2.05, 4.69) is 10.5 Å². The number of ether oxygens (including phenoxy) is 2. The van der Waals surface area contributed by atoms with Gasteiger partial charge in [-0.25, -0.2) is 5.43 Å². The quantitative estimate of drug-likeness (QED) is 0.548. The Morgan fingerprint density at radius 3 is 2.70 bits per heavy atom. The Morgan fingerprint density at radius 2 is 1.85 bits per heavy atom. The first kappa shape index (κ1) is 17.2. The van der Waals surface area contributed by atoms with Crippen LogP contribution in [0.25, 0.3) is 11.3 Å². The Bertz CT molecular complexity index is 999. The van der Waals surface area contributed by atoms with Crippen molar-refractivity contribution in [1.82, 2.24) is 5.43 Å². The molecule has 136 valence electrons. The number of hydrogen-bond acceptors (Lipinski definition) is 5. The maximum Gasteiger partial charge on any atom is 0.284 e. The van der Waals surface area contributed by atoms with Gasteiger partial charge in [-0.2, -0.15) is 5.10 Å². The lowest BCUT2D eigenvalue weighted by Crippen LogP contribution is -2.42. The minimum Gasteiger partial charge on any atom is -0.485 e. The highest BCUT2D eigenvalue weighted by Crippen LogP contribution is 2.31. The van der Waals surface area contributed by atoms with Crippen molar-refractivity contribution >= 4 is 23.7 Å². The third kappa shape index (κ3) is 3.80. The summed E-state index contributed by atoms with van der Waals surface area (Å²) in [5.41, 5.74) is 3.22. The van der Waals surface area contributed by atoms with E-state index in [0.717, 1.165) is 5.56 Å². The molecule has 0 bridgehead atoms. The molecule has 0 radical (unpaired) electrons. The van der Waals surface area contributed by atoms with E-state index in [1.807, 2.05) is 30.3 Å². The molecule has 3 aromatic rings. The van der Waals surface area contributed by atoms with Crippen LogP contribution in [0.4, 0.5) is 0 Å². The van der Waals surface area contributed by atoms with Gasteiger partial charge >= 0.3 is 0 Å². The first-order valence-electron chi connectivity index (χ1n) is 8.27. The summed E-state index contributed by atoms with van der Waals surface area (Å²) in [5.74, 6) is 1.85. The molecule has 0 fully saturated rings. The molecule has 2 heterocycles. The molecule has 0 saturated carbocycles. The number of fused-ring (bicyclic) bond motifs is 1. The van der Waals surface area contributed by atoms with Gasteiger partial charge in [0.1, 0.15) is 18.1 Å². The molecule has 7 heteroatoms. The number of rotatable bonds is 4. The van der Waals surface area contributed by atoms with Crippen molar-refractivity contribution in [2.24, 2.45) is 5.10 Å². The molecule has 1 aromatic heterocycles. The fraction of sp³-hybridized carbons (Fsp3) is 0.100. The molecule has 0 saturated heterocycles. The molecule has 1 aliphatic rings. The number of hydrogen-bond donors (Lipinski definition) is 1. The van der Waals surface area contributed by atoms with Crippen LogP contribution in [0.3, 0.4) is 0 Å². The highest BCUT2D eigenvalue weighted by Gasteiger charge is 2.27. The summed E-state index contributed by atoms with van der Waals surface area (Å²) in [6.07, 6.45) is 0.642. The summed E-state index contributed by atoms with van der Waals surface area (Å²) in [4.78, 5) is 12.2. The molecule has 1 N–H and O–H groups in total. The molecule has 1 atom stereocenters. The highest BCUT2D eigenvalue weighted by molar-refractivity contribution is 6.33. The number of para-hydroxylation sites is 2. The van der Waals surface area contributed by atoms with Crippen LogP contribution in [0.15, 0.2) is 70.2 Å². The second kappa shape index (κ2) is 7.55. The topological polar surface area (TPSA) is 73.1 Å². The third-order valence-electron chi connectivity index (χ3n) is 3.93. The smallest absolute Gasteiger partial charge is 0.284 e. The van der Waals surface area contributed by atoms with Crippen LogP contribution in [0.1, 0.15) is 5.76 Å². The summed E-state index contributed by atoms with van der Waals surface area (Å²) in [6, 6.07) is 18.1. The molecule has 0 aliphatic carbocycles. The van der Waals surface area contributed by atoms with Gasteiger partial charge in [0, 0.05) is 5.56 Å². The van der Waals surface area contributed by atoms with Gasteiger partial charge in [-0.3, -0.25) is 4.79 Å². The zero-order valence-electron chi connectivity index (χ0n) is 14.1. The number of carbonyl (C=O) groups excluding carboxylic acids is 1. The van der Waals surface area contributed by atoms with Crippen LogP contribution in [0, 0.1) is 0 Å². The molecule has 0 spiro atoms. The van der Waals surface area contributed by atoms with E-state index in [4.69, 9.17) is 25.5 Å². The second-order valence-corrected chi connectivity index (χ2v) is 6.19. The molecule has 27 heavy (non-hydrogen) atoms. The molecular weight excluding hydrogens is 368 g/mol. The van der Waals surface area contributed by atoms with E-state index in [0.29, 0.717) is 28.0 Å². The number of nitrogens with zero attached hydrogens (tertiary/aromatic N) is 1. The molecule has 1 amide bonds. The molecule has 4 rings (SSSR count). The molecule has 6 nitrogen and oxygen atoms in total. The minimum absolute atomic E-state index is 0.121. The number of benzene rings is 2. The van der Waals surface area contributed by atoms with E-state index in [-0.39, 0.29) is 6.61 Å². The maximum atomic E-state index is 12.2. The maximum absolute atomic E-state index is 12.2. The summed E-state index contributed by atoms with van der Waals surface area (Å²) < 4.78 is 16.8. The van der Waals surface area contributed by atoms with Crippen molar-refractivity contribution in [2.75, 3.05) is 6.61 Å². The number of amides is 1. The first-order chi connectivity index (χ1) is 13.2. The monoisotopic (exact) mass is 382 g/mol. The SMILES string of the molecule is O=C(NN=Cc1ccc(-c2ccccc2Cl)o1)[C@@H]1COc2ccccc2O1. The number of furan rings is 1. The summed E-state index contributed by atoms with van der Waals surface area (Å²) >= 11 is 6.16. The average molecular weight is 383 g/mol. The summed E-state index contributed by atoms with van der Waals surface area (Å²) in [7, 11) is 0. The largest absolute Gasteiger partial charge is 0.485 e. The minimum atomic E-state index is -0.771. The Kier molecular flexibility index (Phi) is 4.80. The van der Waals surface area contributed by atoms with Crippen molar-refractivity contribution < 1.29 is 18.7 Å². The zero-order chi connectivity index (χ0) is 18.6. The Balaban J connectivity index is 1.37. The fourth-order valence-corrected chi connectivity index (χ4v) is 2.84. The van der Waals surface area contributed by atoms with E-state index in [1.54, 1.807) is 30.3 Å². The van der Waals surface area contributed by atoms with Gasteiger partial charge in [0.2, 0.25) is 6.10 Å². The van der Waals surface area contributed by atoms with Crippen molar-refractivity contribution in [3.63, 3.8) is 0 Å². The number of nitrogens with one attached hydrogen (secondary N) is 1. The highest BCUT2D eigenvalue weighted by atomic mass is 35.5. The van der Waals surface area contributed by atoms with E-state index in [9.17, 15) is 4.79 Å². The standard InChI is InChI=1S/C20H15ClN2O4/c21-15-6-2-1-5-14(15)16-10-9-13(26-16)11-22-23-20(24)19-12-25-17-7-3-4-8-18(17)27-19/h1-11,19H,12H2,(H,23,24)/t19-/m0/s1. The number of carbonyl (C=O) groups is 1. The Morgan fingerprint density at radius 1 is 1.07 bits per heavy atom. The second-order valence-electron chi connectivity index (χ2n) is 5.78. The van der Waals surface area contributed by atoms with Gasteiger partial charge in [-0.05, 0) is 36.4 Å². The molecular formula is C20H15ClN2O4. The summed E-state index contributed by atoms with van der Waals surface area (Å²) in [5, 5.41) is 4.51. The van der Waals surface area contributed by atoms with Crippen molar-refractivity contribution in [2.45, 2.75) is 6.10 Å². The lowest BCUT2D eigenvalue weighted by atomic mass is 10.2. The van der Waals surface area contributed by atoms with Crippen LogP contribution >= 0.6 is 11.6 Å². The number of hydrazone groups is 1. The van der Waals surface area contributed by atoms with Gasteiger partial charge in [-0.15, -0.1) is 0 Å². The van der Waals surface area contributed by atoms with E-state index < -0.39 is 12.0 Å². The van der Waals surface area contributed by atoms with Crippen LogP contribution in [-0.4, -0.2) is 24.8 Å². The van der Waals surface area contributed by atoms with Gasteiger partial charge in [0.05, 0.1) is 11.2 Å². The van der Waals surface area contributed by atoms with Gasteiger partial charge in [0.25, 0.3) is 5.91 Å². The average Bonchev–Trinajstić information content (AvgIpc) is 3.16. The van der Waals surface area contributed by atoms with Crippen molar-refractivity contribution in [3.8, 4) is 22.8 Å². The van der Waals surface area contributed by atoms with Crippen LogP contribution in [0.2, 0.25) is 5.02 Å². The van der Waals surface area contributed by atoms with Crippen molar-refractivity contribution in [1.29, 1.82) is 0 Å². The van der Waals surface area contributed by atoms with E-state index in [1.165, 1.54) is 6.21 Å². The fourth-order valence-electron chi connectivity index (χ4n) is 2.61. The van der Waals surface area contributed by atoms with E-state index >= 15 is 0 Å². The van der Waals surface area contributed by atoms with Gasteiger partial charge in [-0.1, -0.05) is 35.9 Å². The summed E-state index contributed by atoms with van der Waals surface area (Å²) in [6.45, 7) is 0.121. The molecule has 1 aliphatic heterocycles. The Labute approximate surface area is 160 Å². The lowest BCUT2D eigenvalue weighted by Gasteiger charge is -2.24. The predicted octanol–water partition coefficient (Wildman–Crippen LogP) is 3.89. The van der Waals surface area contributed by atoms with Crippen LogP contribution < -0.4 is 14.9 Å². The van der Waals surface area contributed by atoms with Gasteiger partial charge in [0.15, 0.2) is 11.5 Å².